The second-order valence-corrected chi connectivity index (χ2v) is 6.51. The lowest BCUT2D eigenvalue weighted by Crippen LogP contribution is -2.33. The molecule has 0 aromatic heterocycles. The van der Waals surface area contributed by atoms with E-state index in [-0.39, 0.29) is 5.75 Å². The number of hydrogen-bond donors (Lipinski definition) is 2. The molecular formula is C9H17NO4S. The molecule has 1 rings (SSSR count). The molecule has 1 atom stereocenters. The molecule has 1 fully saturated rings. The molecule has 0 aliphatic carbocycles. The van der Waals surface area contributed by atoms with Gasteiger partial charge in [0.25, 0.3) is 0 Å². The van der Waals surface area contributed by atoms with E-state index in [4.69, 9.17) is 5.11 Å². The predicted molar refractivity (Wildman–Crippen MR) is 56.5 cm³/mol. The molecule has 6 heteroatoms. The van der Waals surface area contributed by atoms with Crippen molar-refractivity contribution in [3.05, 3.63) is 0 Å². The average Bonchev–Trinajstić information content (AvgIpc) is 2.51. The van der Waals surface area contributed by atoms with Crippen molar-refractivity contribution in [3.63, 3.8) is 0 Å². The quantitative estimate of drug-likeness (QED) is 0.694. The number of hydrogen-bond acceptors (Lipinski definition) is 4. The third-order valence-electron chi connectivity index (χ3n) is 2.87. The molecule has 0 saturated carbocycles. The summed E-state index contributed by atoms with van der Waals surface area (Å²) in [5.41, 5.74) is -0.745. The Labute approximate surface area is 89.8 Å². The fourth-order valence-electron chi connectivity index (χ4n) is 1.92. The van der Waals surface area contributed by atoms with Crippen LogP contribution in [0.25, 0.3) is 0 Å². The molecule has 0 bridgehead atoms. The second kappa shape index (κ2) is 4.49. The minimum Gasteiger partial charge on any atom is -0.481 e. The first-order valence-corrected chi connectivity index (χ1v) is 7.04. The molecular weight excluding hydrogens is 218 g/mol. The number of carboxylic acids is 1. The van der Waals surface area contributed by atoms with Gasteiger partial charge in [0.05, 0.1) is 5.41 Å². The van der Waals surface area contributed by atoms with Gasteiger partial charge in [-0.05, 0) is 25.8 Å². The average molecular weight is 235 g/mol. The SMILES string of the molecule is CS(=O)(=O)CCCC1(C(=O)O)CCNC1. The van der Waals surface area contributed by atoms with E-state index in [1.165, 1.54) is 6.26 Å². The summed E-state index contributed by atoms with van der Waals surface area (Å²) in [6, 6.07) is 0. The molecule has 2 N–H and O–H groups in total. The van der Waals surface area contributed by atoms with Crippen molar-refractivity contribution in [1.82, 2.24) is 5.32 Å². The van der Waals surface area contributed by atoms with Crippen LogP contribution in [0.1, 0.15) is 19.3 Å². The van der Waals surface area contributed by atoms with Crippen LogP contribution in [0.5, 0.6) is 0 Å². The minimum atomic E-state index is -2.98. The smallest absolute Gasteiger partial charge is 0.310 e. The van der Waals surface area contributed by atoms with Crippen LogP contribution in [0, 0.1) is 5.41 Å². The van der Waals surface area contributed by atoms with E-state index in [1.807, 2.05) is 0 Å². The molecule has 0 spiro atoms. The maximum atomic E-state index is 11.1. The van der Waals surface area contributed by atoms with Crippen molar-refractivity contribution < 1.29 is 18.3 Å². The van der Waals surface area contributed by atoms with Crippen LogP contribution in [-0.4, -0.2) is 44.6 Å². The summed E-state index contributed by atoms with van der Waals surface area (Å²) in [7, 11) is -2.98. The first-order valence-electron chi connectivity index (χ1n) is 4.98. The lowest BCUT2D eigenvalue weighted by Gasteiger charge is -2.22. The number of carbonyl (C=O) groups is 1. The van der Waals surface area contributed by atoms with Gasteiger partial charge in [-0.25, -0.2) is 8.42 Å². The molecule has 0 amide bonds. The van der Waals surface area contributed by atoms with E-state index in [0.717, 1.165) is 0 Å². The van der Waals surface area contributed by atoms with E-state index >= 15 is 0 Å². The van der Waals surface area contributed by atoms with Crippen LogP contribution >= 0.6 is 0 Å². The van der Waals surface area contributed by atoms with Crippen molar-refractivity contribution in [2.24, 2.45) is 5.41 Å². The topological polar surface area (TPSA) is 83.5 Å². The van der Waals surface area contributed by atoms with Crippen molar-refractivity contribution >= 4 is 15.8 Å². The molecule has 1 aliphatic heterocycles. The molecule has 15 heavy (non-hydrogen) atoms. The normalized spacial score (nSPS) is 26.7. The molecule has 0 radical (unpaired) electrons. The zero-order valence-electron chi connectivity index (χ0n) is 8.82. The monoisotopic (exact) mass is 235 g/mol. The highest BCUT2D eigenvalue weighted by molar-refractivity contribution is 7.90. The fraction of sp³-hybridized carbons (Fsp3) is 0.889. The van der Waals surface area contributed by atoms with E-state index < -0.39 is 21.2 Å². The van der Waals surface area contributed by atoms with Gasteiger partial charge in [-0.1, -0.05) is 0 Å². The van der Waals surface area contributed by atoms with E-state index in [1.54, 1.807) is 0 Å². The Bertz CT molecular complexity index is 330. The minimum absolute atomic E-state index is 0.0715. The van der Waals surface area contributed by atoms with Crippen molar-refractivity contribution in [2.45, 2.75) is 19.3 Å². The summed E-state index contributed by atoms with van der Waals surface area (Å²) in [4.78, 5) is 11.1. The van der Waals surface area contributed by atoms with Gasteiger partial charge in [0, 0.05) is 18.6 Å². The standard InChI is InChI=1S/C9H17NO4S/c1-15(13,14)6-2-3-9(8(11)12)4-5-10-7-9/h10H,2-7H2,1H3,(H,11,12). The Morgan fingerprint density at radius 2 is 2.20 bits per heavy atom. The highest BCUT2D eigenvalue weighted by Crippen LogP contribution is 2.31. The molecule has 0 aromatic rings. The zero-order chi connectivity index (χ0) is 11.5. The Balaban J connectivity index is 2.50. The molecule has 0 aromatic carbocycles. The largest absolute Gasteiger partial charge is 0.481 e. The lowest BCUT2D eigenvalue weighted by molar-refractivity contribution is -0.148. The van der Waals surface area contributed by atoms with Gasteiger partial charge >= 0.3 is 5.97 Å². The number of rotatable bonds is 5. The Morgan fingerprint density at radius 3 is 2.60 bits per heavy atom. The summed E-state index contributed by atoms with van der Waals surface area (Å²) in [5.74, 6) is -0.747. The van der Waals surface area contributed by atoms with Gasteiger partial charge in [0.2, 0.25) is 0 Å². The van der Waals surface area contributed by atoms with E-state index in [0.29, 0.717) is 32.4 Å². The summed E-state index contributed by atoms with van der Waals surface area (Å²) in [6.45, 7) is 1.15. The predicted octanol–water partition coefficient (Wildman–Crippen LogP) is -0.124. The number of aliphatic carboxylic acids is 1. The lowest BCUT2D eigenvalue weighted by atomic mass is 9.83. The summed E-state index contributed by atoms with van der Waals surface area (Å²) < 4.78 is 21.8. The molecule has 1 saturated heterocycles. The van der Waals surface area contributed by atoms with Gasteiger partial charge in [-0.15, -0.1) is 0 Å². The maximum absolute atomic E-state index is 11.1. The molecule has 88 valence electrons. The van der Waals surface area contributed by atoms with Crippen LogP contribution in [0.4, 0.5) is 0 Å². The summed E-state index contributed by atoms with van der Waals surface area (Å²) in [5, 5.41) is 12.1. The van der Waals surface area contributed by atoms with Gasteiger partial charge < -0.3 is 10.4 Å². The van der Waals surface area contributed by atoms with Crippen LogP contribution in [0.3, 0.4) is 0 Å². The fourth-order valence-corrected chi connectivity index (χ4v) is 2.59. The van der Waals surface area contributed by atoms with Gasteiger partial charge in [-0.2, -0.15) is 0 Å². The van der Waals surface area contributed by atoms with Gasteiger partial charge in [0.15, 0.2) is 0 Å². The third kappa shape index (κ3) is 3.46. The number of nitrogens with one attached hydrogen (secondary N) is 1. The van der Waals surface area contributed by atoms with Crippen molar-refractivity contribution in [3.8, 4) is 0 Å². The summed E-state index contributed by atoms with van der Waals surface area (Å²) >= 11 is 0. The highest BCUT2D eigenvalue weighted by atomic mass is 32.2. The van der Waals surface area contributed by atoms with E-state index in [2.05, 4.69) is 5.32 Å². The molecule has 1 heterocycles. The Morgan fingerprint density at radius 1 is 1.53 bits per heavy atom. The zero-order valence-corrected chi connectivity index (χ0v) is 9.64. The van der Waals surface area contributed by atoms with Crippen LogP contribution in [0.2, 0.25) is 0 Å². The van der Waals surface area contributed by atoms with Gasteiger partial charge in [-0.3, -0.25) is 4.79 Å². The summed E-state index contributed by atoms with van der Waals surface area (Å²) in [6.07, 6.45) is 2.62. The molecule has 1 aliphatic rings. The second-order valence-electron chi connectivity index (χ2n) is 4.25. The van der Waals surface area contributed by atoms with Crippen LogP contribution in [-0.2, 0) is 14.6 Å². The number of sulfone groups is 1. The Hall–Kier alpha value is -0.620. The van der Waals surface area contributed by atoms with Crippen LogP contribution in [0.15, 0.2) is 0 Å². The first kappa shape index (κ1) is 12.4. The first-order chi connectivity index (χ1) is 6.86. The maximum Gasteiger partial charge on any atom is 0.310 e. The number of carboxylic acid groups (broad SMARTS) is 1. The Kier molecular flexibility index (Phi) is 3.72. The highest BCUT2D eigenvalue weighted by Gasteiger charge is 2.40. The molecule has 1 unspecified atom stereocenters. The van der Waals surface area contributed by atoms with Gasteiger partial charge in [0.1, 0.15) is 9.84 Å². The molecule has 5 nitrogen and oxygen atoms in total. The van der Waals surface area contributed by atoms with Crippen molar-refractivity contribution in [1.29, 1.82) is 0 Å². The van der Waals surface area contributed by atoms with Crippen LogP contribution < -0.4 is 5.32 Å². The van der Waals surface area contributed by atoms with E-state index in [9.17, 15) is 13.2 Å². The van der Waals surface area contributed by atoms with Crippen molar-refractivity contribution in [2.75, 3.05) is 25.1 Å². The third-order valence-corrected chi connectivity index (χ3v) is 3.90.